The molecule has 0 saturated carbocycles. The molecule has 0 amide bonds. The van der Waals surface area contributed by atoms with Crippen molar-refractivity contribution in [2.45, 2.75) is 36.5 Å². The molecule has 0 aliphatic carbocycles. The number of rotatable bonds is 9. The predicted octanol–water partition coefficient (Wildman–Crippen LogP) is 5.48. The van der Waals surface area contributed by atoms with Crippen molar-refractivity contribution in [1.82, 2.24) is 19.5 Å². The summed E-state index contributed by atoms with van der Waals surface area (Å²) in [4.78, 5) is 6.83. The molecule has 1 saturated heterocycles. The molecule has 1 aliphatic heterocycles. The van der Waals surface area contributed by atoms with Gasteiger partial charge in [0.15, 0.2) is 5.65 Å². The molecule has 6 heteroatoms. The van der Waals surface area contributed by atoms with Gasteiger partial charge in [0.1, 0.15) is 11.1 Å². The molecule has 4 aromatic rings. The second kappa shape index (κ2) is 11.0. The highest BCUT2D eigenvalue weighted by Crippen LogP contribution is 2.30. The van der Waals surface area contributed by atoms with Gasteiger partial charge < -0.3 is 9.64 Å². The Morgan fingerprint density at radius 2 is 1.61 bits per heavy atom. The molecule has 5 rings (SSSR count). The fourth-order valence-corrected chi connectivity index (χ4v) is 5.20. The number of piperidine rings is 1. The van der Waals surface area contributed by atoms with Gasteiger partial charge in [0.25, 0.3) is 0 Å². The van der Waals surface area contributed by atoms with Crippen LogP contribution in [-0.2, 0) is 4.74 Å². The number of hydrogen-bond acceptors (Lipinski definition) is 5. The van der Waals surface area contributed by atoms with E-state index in [1.54, 1.807) is 6.20 Å². The van der Waals surface area contributed by atoms with E-state index in [4.69, 9.17) is 4.74 Å². The Balaban J connectivity index is 1.08. The van der Waals surface area contributed by atoms with Gasteiger partial charge in [0.2, 0.25) is 0 Å². The number of aromatic nitrogens is 3. The van der Waals surface area contributed by atoms with Crippen LogP contribution in [-0.4, -0.2) is 51.0 Å². The number of imidazole rings is 1. The van der Waals surface area contributed by atoms with Crippen LogP contribution in [0.1, 0.15) is 36.5 Å². The molecular weight excluding hydrogens is 428 g/mol. The van der Waals surface area contributed by atoms with E-state index in [9.17, 15) is 0 Å². The minimum atomic E-state index is 0.000635. The van der Waals surface area contributed by atoms with Crippen LogP contribution in [0.15, 0.2) is 90.2 Å². The summed E-state index contributed by atoms with van der Waals surface area (Å²) >= 11 is 1.82. The van der Waals surface area contributed by atoms with Gasteiger partial charge in [-0.1, -0.05) is 60.7 Å². The Hall–Kier alpha value is -2.67. The highest BCUT2D eigenvalue weighted by atomic mass is 32.2. The van der Waals surface area contributed by atoms with Crippen molar-refractivity contribution in [2.24, 2.45) is 0 Å². The molecule has 0 bridgehead atoms. The third-order valence-electron chi connectivity index (χ3n) is 6.17. The average Bonchev–Trinajstić information content (AvgIpc) is 3.35. The van der Waals surface area contributed by atoms with E-state index in [1.165, 1.54) is 11.1 Å². The molecule has 2 aromatic carbocycles. The SMILES string of the molecule is c1ccc(C(OC2CCN(CCCSc3ccc4nccn4n3)CC2)c2ccccc2)cc1. The standard InChI is InChI=1S/C27H30N4OS/c1-3-8-22(9-4-1)27(23-10-5-2-6-11-23)32-24-14-18-30(19-15-24)17-7-21-33-26-13-12-25-28-16-20-31(25)29-26/h1-6,8-13,16,20,24,27H,7,14-15,17-19,21H2. The number of hydrogen-bond donors (Lipinski definition) is 0. The first-order valence-corrected chi connectivity index (χ1v) is 12.7. The van der Waals surface area contributed by atoms with Crippen LogP contribution in [0.2, 0.25) is 0 Å². The van der Waals surface area contributed by atoms with E-state index in [1.807, 2.05) is 28.5 Å². The normalized spacial score (nSPS) is 15.4. The largest absolute Gasteiger partial charge is 0.365 e. The zero-order valence-corrected chi connectivity index (χ0v) is 19.6. The summed E-state index contributed by atoms with van der Waals surface area (Å²) in [5.74, 6) is 1.08. The molecule has 1 fully saturated rings. The number of likely N-dealkylation sites (tertiary alicyclic amines) is 1. The van der Waals surface area contributed by atoms with Crippen LogP contribution < -0.4 is 0 Å². The molecule has 170 valence electrons. The summed E-state index contributed by atoms with van der Waals surface area (Å²) in [5, 5.41) is 5.65. The smallest absolute Gasteiger partial charge is 0.153 e. The molecule has 2 aromatic heterocycles. The minimum Gasteiger partial charge on any atom is -0.365 e. The van der Waals surface area contributed by atoms with Crippen molar-refractivity contribution in [3.8, 4) is 0 Å². The first kappa shape index (κ1) is 22.1. The molecule has 33 heavy (non-hydrogen) atoms. The lowest BCUT2D eigenvalue weighted by Gasteiger charge is -2.34. The predicted molar refractivity (Wildman–Crippen MR) is 134 cm³/mol. The zero-order valence-electron chi connectivity index (χ0n) is 18.8. The summed E-state index contributed by atoms with van der Waals surface area (Å²) in [5.41, 5.74) is 3.35. The first-order chi connectivity index (χ1) is 16.3. The first-order valence-electron chi connectivity index (χ1n) is 11.8. The maximum Gasteiger partial charge on any atom is 0.153 e. The minimum absolute atomic E-state index is 0.000635. The molecular formula is C27H30N4OS. The molecule has 0 N–H and O–H groups in total. The lowest BCUT2D eigenvalue weighted by Crippen LogP contribution is -2.38. The van der Waals surface area contributed by atoms with Gasteiger partial charge in [-0.05, 0) is 49.1 Å². The second-order valence-electron chi connectivity index (χ2n) is 8.48. The lowest BCUT2D eigenvalue weighted by atomic mass is 10.00. The second-order valence-corrected chi connectivity index (χ2v) is 9.60. The fraction of sp³-hybridized carbons (Fsp3) is 0.333. The Labute approximate surface area is 199 Å². The van der Waals surface area contributed by atoms with Gasteiger partial charge in [0.05, 0.1) is 6.10 Å². The zero-order chi connectivity index (χ0) is 22.3. The van der Waals surface area contributed by atoms with E-state index in [0.717, 1.165) is 55.3 Å². The monoisotopic (exact) mass is 458 g/mol. The Bertz CT molecular complexity index is 1090. The van der Waals surface area contributed by atoms with Crippen LogP contribution >= 0.6 is 11.8 Å². The summed E-state index contributed by atoms with van der Waals surface area (Å²) in [6.07, 6.45) is 7.31. The quantitative estimate of drug-likeness (QED) is 0.245. The van der Waals surface area contributed by atoms with Crippen molar-refractivity contribution in [3.05, 3.63) is 96.3 Å². The number of ether oxygens (including phenoxy) is 1. The number of benzene rings is 2. The van der Waals surface area contributed by atoms with E-state index in [2.05, 4.69) is 81.7 Å². The van der Waals surface area contributed by atoms with Crippen molar-refractivity contribution in [2.75, 3.05) is 25.4 Å². The van der Waals surface area contributed by atoms with Crippen LogP contribution in [0.5, 0.6) is 0 Å². The summed E-state index contributed by atoms with van der Waals surface area (Å²) in [7, 11) is 0. The van der Waals surface area contributed by atoms with E-state index in [0.29, 0.717) is 6.10 Å². The van der Waals surface area contributed by atoms with E-state index in [-0.39, 0.29) is 6.10 Å². The van der Waals surface area contributed by atoms with E-state index < -0.39 is 0 Å². The summed E-state index contributed by atoms with van der Waals surface area (Å²) < 4.78 is 8.52. The Kier molecular flexibility index (Phi) is 7.36. The highest BCUT2D eigenvalue weighted by molar-refractivity contribution is 7.99. The highest BCUT2D eigenvalue weighted by Gasteiger charge is 2.24. The topological polar surface area (TPSA) is 42.7 Å². The third kappa shape index (κ3) is 5.82. The van der Waals surface area contributed by atoms with Crippen molar-refractivity contribution >= 4 is 17.4 Å². The maximum absolute atomic E-state index is 6.68. The molecule has 5 nitrogen and oxygen atoms in total. The molecule has 0 radical (unpaired) electrons. The van der Waals surface area contributed by atoms with Crippen LogP contribution in [0, 0.1) is 0 Å². The van der Waals surface area contributed by atoms with Gasteiger partial charge in [-0.25, -0.2) is 9.50 Å². The van der Waals surface area contributed by atoms with Crippen molar-refractivity contribution in [3.63, 3.8) is 0 Å². The molecule has 0 spiro atoms. The number of nitrogens with zero attached hydrogens (tertiary/aromatic N) is 4. The number of fused-ring (bicyclic) bond motifs is 1. The van der Waals surface area contributed by atoms with Gasteiger partial charge in [-0.2, -0.15) is 5.10 Å². The van der Waals surface area contributed by atoms with Crippen LogP contribution in [0.4, 0.5) is 0 Å². The maximum atomic E-state index is 6.68. The van der Waals surface area contributed by atoms with Crippen molar-refractivity contribution < 1.29 is 4.74 Å². The summed E-state index contributed by atoms with van der Waals surface area (Å²) in [6.45, 7) is 3.34. The van der Waals surface area contributed by atoms with Crippen molar-refractivity contribution in [1.29, 1.82) is 0 Å². The van der Waals surface area contributed by atoms with Crippen LogP contribution in [0.25, 0.3) is 5.65 Å². The summed E-state index contributed by atoms with van der Waals surface area (Å²) in [6, 6.07) is 25.3. The Morgan fingerprint density at radius 1 is 0.909 bits per heavy atom. The molecule has 0 atom stereocenters. The van der Waals surface area contributed by atoms with Crippen LogP contribution in [0.3, 0.4) is 0 Å². The lowest BCUT2D eigenvalue weighted by molar-refractivity contribution is -0.0268. The third-order valence-corrected chi connectivity index (χ3v) is 7.17. The molecule has 3 heterocycles. The van der Waals surface area contributed by atoms with E-state index >= 15 is 0 Å². The fourth-order valence-electron chi connectivity index (χ4n) is 4.41. The Morgan fingerprint density at radius 3 is 2.30 bits per heavy atom. The molecule has 1 aliphatic rings. The van der Waals surface area contributed by atoms with Gasteiger partial charge in [0, 0.05) is 31.2 Å². The van der Waals surface area contributed by atoms with Gasteiger partial charge in [-0.3, -0.25) is 0 Å². The van der Waals surface area contributed by atoms with Gasteiger partial charge in [-0.15, -0.1) is 11.8 Å². The average molecular weight is 459 g/mol. The molecule has 0 unspecified atom stereocenters. The number of thioether (sulfide) groups is 1. The van der Waals surface area contributed by atoms with Gasteiger partial charge >= 0.3 is 0 Å².